The number of carbonyl (C=O) groups is 1. The molecule has 1 aromatic rings. The number of carbonyl (C=O) groups excluding carboxylic acids is 1. The molecule has 0 aliphatic heterocycles. The van der Waals surface area contributed by atoms with Crippen LogP contribution in [0, 0.1) is 0 Å². The van der Waals surface area contributed by atoms with Gasteiger partial charge in [-0.05, 0) is 36.8 Å². The summed E-state index contributed by atoms with van der Waals surface area (Å²) < 4.78 is 5.00. The van der Waals surface area contributed by atoms with E-state index in [1.165, 1.54) is 6.26 Å². The summed E-state index contributed by atoms with van der Waals surface area (Å²) >= 11 is 7.54. The Morgan fingerprint density at radius 2 is 2.18 bits per heavy atom. The maximum Gasteiger partial charge on any atom is 0.256 e. The highest BCUT2D eigenvalue weighted by atomic mass is 35.5. The van der Waals surface area contributed by atoms with Gasteiger partial charge in [0, 0.05) is 11.3 Å². The first kappa shape index (κ1) is 14.5. The third-order valence-electron chi connectivity index (χ3n) is 3.16. The Kier molecular flexibility index (Phi) is 5.40. The van der Waals surface area contributed by atoms with Crippen molar-refractivity contribution in [1.82, 2.24) is 5.32 Å². The first-order chi connectivity index (χ1) is 8.08. The van der Waals surface area contributed by atoms with Gasteiger partial charge in [-0.3, -0.25) is 4.79 Å². The summed E-state index contributed by atoms with van der Waals surface area (Å²) in [4.78, 5) is 11.9. The molecule has 0 aromatic carbocycles. The molecule has 0 aliphatic rings. The fourth-order valence-corrected chi connectivity index (χ4v) is 2.65. The van der Waals surface area contributed by atoms with Crippen LogP contribution in [0.4, 0.5) is 0 Å². The van der Waals surface area contributed by atoms with Crippen molar-refractivity contribution in [2.24, 2.45) is 0 Å². The summed E-state index contributed by atoms with van der Waals surface area (Å²) in [5.74, 6) is -0.177. The normalized spacial score (nSPS) is 11.5. The smallest absolute Gasteiger partial charge is 0.256 e. The molecular weight excluding hydrogens is 258 g/mol. The maximum atomic E-state index is 11.9. The molecule has 0 atom stereocenters. The standard InChI is InChI=1S/C12H18ClNO2S/c1-4-12(5-2,17-3)8-14-11(15)9-6-7-16-10(9)13/h6-7H,4-5,8H2,1-3H3,(H,14,15). The van der Waals surface area contributed by atoms with Crippen LogP contribution < -0.4 is 5.32 Å². The summed E-state index contributed by atoms with van der Waals surface area (Å²) in [5.41, 5.74) is 0.397. The molecular formula is C12H18ClNO2S. The van der Waals surface area contributed by atoms with Gasteiger partial charge in [0.2, 0.25) is 5.22 Å². The van der Waals surface area contributed by atoms with Crippen molar-refractivity contribution in [3.63, 3.8) is 0 Å². The van der Waals surface area contributed by atoms with Gasteiger partial charge in [-0.15, -0.1) is 0 Å². The van der Waals surface area contributed by atoms with Crippen molar-refractivity contribution in [1.29, 1.82) is 0 Å². The van der Waals surface area contributed by atoms with Gasteiger partial charge in [-0.2, -0.15) is 11.8 Å². The van der Waals surface area contributed by atoms with Gasteiger partial charge < -0.3 is 9.73 Å². The maximum absolute atomic E-state index is 11.9. The number of hydrogen-bond acceptors (Lipinski definition) is 3. The molecule has 3 nitrogen and oxygen atoms in total. The van der Waals surface area contributed by atoms with Crippen LogP contribution in [0.5, 0.6) is 0 Å². The van der Waals surface area contributed by atoms with Crippen molar-refractivity contribution >= 4 is 29.3 Å². The van der Waals surface area contributed by atoms with Crippen LogP contribution in [0.2, 0.25) is 5.22 Å². The van der Waals surface area contributed by atoms with E-state index >= 15 is 0 Å². The highest BCUT2D eigenvalue weighted by Crippen LogP contribution is 2.29. The second kappa shape index (κ2) is 6.36. The topological polar surface area (TPSA) is 42.2 Å². The lowest BCUT2D eigenvalue weighted by atomic mass is 10.0. The van der Waals surface area contributed by atoms with Crippen LogP contribution >= 0.6 is 23.4 Å². The number of furan rings is 1. The van der Waals surface area contributed by atoms with Gasteiger partial charge in [-0.25, -0.2) is 0 Å². The predicted molar refractivity (Wildman–Crippen MR) is 72.9 cm³/mol. The van der Waals surface area contributed by atoms with Crippen LogP contribution in [0.15, 0.2) is 16.7 Å². The average molecular weight is 276 g/mol. The minimum absolute atomic E-state index is 0.103. The molecule has 1 rings (SSSR count). The highest BCUT2D eigenvalue weighted by molar-refractivity contribution is 8.00. The number of amides is 1. The number of hydrogen-bond donors (Lipinski definition) is 1. The van der Waals surface area contributed by atoms with E-state index < -0.39 is 0 Å². The van der Waals surface area contributed by atoms with Crippen LogP contribution in [0.25, 0.3) is 0 Å². The number of nitrogens with one attached hydrogen (secondary N) is 1. The monoisotopic (exact) mass is 275 g/mol. The lowest BCUT2D eigenvalue weighted by Crippen LogP contribution is -2.39. The summed E-state index contributed by atoms with van der Waals surface area (Å²) in [6.07, 6.45) is 5.52. The summed E-state index contributed by atoms with van der Waals surface area (Å²) in [5, 5.41) is 3.06. The van der Waals surface area contributed by atoms with Crippen LogP contribution in [-0.2, 0) is 0 Å². The zero-order valence-electron chi connectivity index (χ0n) is 10.4. The molecule has 1 heterocycles. The van der Waals surface area contributed by atoms with Gasteiger partial charge in [0.1, 0.15) is 0 Å². The van der Waals surface area contributed by atoms with E-state index in [0.717, 1.165) is 12.8 Å². The minimum atomic E-state index is -0.177. The lowest BCUT2D eigenvalue weighted by Gasteiger charge is -2.29. The Morgan fingerprint density at radius 1 is 1.53 bits per heavy atom. The first-order valence-electron chi connectivity index (χ1n) is 5.65. The Morgan fingerprint density at radius 3 is 2.59 bits per heavy atom. The van der Waals surface area contributed by atoms with E-state index in [-0.39, 0.29) is 15.9 Å². The molecule has 0 spiro atoms. The van der Waals surface area contributed by atoms with E-state index in [1.54, 1.807) is 17.8 Å². The third kappa shape index (κ3) is 3.42. The molecule has 0 radical (unpaired) electrons. The molecule has 0 saturated heterocycles. The van der Waals surface area contributed by atoms with Crippen molar-refractivity contribution in [2.45, 2.75) is 31.4 Å². The van der Waals surface area contributed by atoms with Gasteiger partial charge in [0.15, 0.2) is 0 Å². The Balaban J connectivity index is 2.62. The minimum Gasteiger partial charge on any atom is -0.452 e. The molecule has 0 fully saturated rings. The SMILES string of the molecule is CCC(CC)(CNC(=O)c1ccoc1Cl)SC. The fourth-order valence-electron chi connectivity index (χ4n) is 1.65. The van der Waals surface area contributed by atoms with E-state index in [9.17, 15) is 4.79 Å². The molecule has 1 amide bonds. The second-order valence-electron chi connectivity index (χ2n) is 3.88. The Hall–Kier alpha value is -0.610. The van der Waals surface area contributed by atoms with E-state index in [0.29, 0.717) is 12.1 Å². The van der Waals surface area contributed by atoms with Crippen molar-refractivity contribution in [2.75, 3.05) is 12.8 Å². The third-order valence-corrected chi connectivity index (χ3v) is 5.04. The summed E-state index contributed by atoms with van der Waals surface area (Å²) in [7, 11) is 0. The van der Waals surface area contributed by atoms with Crippen LogP contribution in [0.3, 0.4) is 0 Å². The first-order valence-corrected chi connectivity index (χ1v) is 7.25. The molecule has 0 saturated carbocycles. The highest BCUT2D eigenvalue weighted by Gasteiger charge is 2.26. The molecule has 17 heavy (non-hydrogen) atoms. The van der Waals surface area contributed by atoms with Crippen LogP contribution in [0.1, 0.15) is 37.0 Å². The van der Waals surface area contributed by atoms with Gasteiger partial charge in [0.05, 0.1) is 11.8 Å². The summed E-state index contributed by atoms with van der Waals surface area (Å²) in [6.45, 7) is 4.91. The molecule has 0 bridgehead atoms. The van der Waals surface area contributed by atoms with E-state index in [4.69, 9.17) is 16.0 Å². The molecule has 1 N–H and O–H groups in total. The molecule has 0 aliphatic carbocycles. The van der Waals surface area contributed by atoms with Crippen molar-refractivity contribution in [3.05, 3.63) is 23.1 Å². The Labute approximate surface area is 111 Å². The molecule has 96 valence electrons. The number of thioether (sulfide) groups is 1. The molecule has 1 aromatic heterocycles. The quantitative estimate of drug-likeness (QED) is 0.863. The predicted octanol–water partition coefficient (Wildman–Crippen LogP) is 3.58. The van der Waals surface area contributed by atoms with Gasteiger partial charge >= 0.3 is 0 Å². The van der Waals surface area contributed by atoms with E-state index in [1.807, 2.05) is 0 Å². The molecule has 0 unspecified atom stereocenters. The second-order valence-corrected chi connectivity index (χ2v) is 5.50. The fraction of sp³-hybridized carbons (Fsp3) is 0.583. The number of halogens is 1. The van der Waals surface area contributed by atoms with Gasteiger partial charge in [0.25, 0.3) is 5.91 Å². The average Bonchev–Trinajstić information content (AvgIpc) is 2.78. The van der Waals surface area contributed by atoms with Crippen molar-refractivity contribution < 1.29 is 9.21 Å². The van der Waals surface area contributed by atoms with Gasteiger partial charge in [-0.1, -0.05) is 13.8 Å². The molecule has 5 heteroatoms. The Bertz CT molecular complexity index is 366. The largest absolute Gasteiger partial charge is 0.452 e. The zero-order chi connectivity index (χ0) is 12.9. The zero-order valence-corrected chi connectivity index (χ0v) is 12.0. The van der Waals surface area contributed by atoms with Crippen LogP contribution in [-0.4, -0.2) is 23.5 Å². The summed E-state index contributed by atoms with van der Waals surface area (Å²) in [6, 6.07) is 1.58. The van der Waals surface area contributed by atoms with E-state index in [2.05, 4.69) is 25.4 Å². The number of rotatable bonds is 6. The lowest BCUT2D eigenvalue weighted by molar-refractivity contribution is 0.0948. The van der Waals surface area contributed by atoms with Crippen molar-refractivity contribution in [3.8, 4) is 0 Å².